The zero-order valence-corrected chi connectivity index (χ0v) is 16.0. The highest BCUT2D eigenvalue weighted by Gasteiger charge is 2.41. The molecule has 2 N–H and O–H groups in total. The summed E-state index contributed by atoms with van der Waals surface area (Å²) in [6.45, 7) is 3.76. The zero-order chi connectivity index (χ0) is 18.3. The second-order valence-electron chi connectivity index (χ2n) is 6.78. The molecule has 0 amide bonds. The van der Waals surface area contributed by atoms with Crippen LogP contribution >= 0.6 is 11.6 Å². The van der Waals surface area contributed by atoms with Gasteiger partial charge in [0.15, 0.2) is 0 Å². The lowest BCUT2D eigenvalue weighted by Crippen LogP contribution is -2.40. The van der Waals surface area contributed by atoms with Crippen molar-refractivity contribution in [2.45, 2.75) is 37.8 Å². The number of methoxy groups -OCH3 is 1. The van der Waals surface area contributed by atoms with E-state index in [1.807, 2.05) is 13.2 Å². The van der Waals surface area contributed by atoms with Gasteiger partial charge in [-0.1, -0.05) is 11.6 Å². The van der Waals surface area contributed by atoms with Gasteiger partial charge in [-0.2, -0.15) is 0 Å². The highest BCUT2D eigenvalue weighted by molar-refractivity contribution is 6.36. The molecule has 0 spiro atoms. The van der Waals surface area contributed by atoms with Gasteiger partial charge in [-0.25, -0.2) is 4.98 Å². The maximum Gasteiger partial charge on any atom is 0.215 e. The molecule has 8 heteroatoms. The highest BCUT2D eigenvalue weighted by atomic mass is 35.5. The fraction of sp³-hybridized carbons (Fsp3) is 0.556. The van der Waals surface area contributed by atoms with Crippen LogP contribution in [0.15, 0.2) is 17.5 Å². The molecule has 0 saturated carbocycles. The van der Waals surface area contributed by atoms with Crippen molar-refractivity contribution in [1.29, 1.82) is 0 Å². The van der Waals surface area contributed by atoms with Crippen LogP contribution < -0.4 is 5.32 Å². The van der Waals surface area contributed by atoms with Crippen LogP contribution in [0.5, 0.6) is 0 Å². The molecule has 2 aromatic heterocycles. The molecule has 2 unspecified atom stereocenters. The van der Waals surface area contributed by atoms with E-state index in [1.165, 1.54) is 0 Å². The number of fused-ring (bicyclic) bond motifs is 1. The third-order valence-electron chi connectivity index (χ3n) is 5.42. The molecular formula is C18H24ClN5O2. The Labute approximate surface area is 157 Å². The van der Waals surface area contributed by atoms with Gasteiger partial charge in [0.05, 0.1) is 41.2 Å². The van der Waals surface area contributed by atoms with Crippen molar-refractivity contribution in [3.63, 3.8) is 0 Å². The largest absolute Gasteiger partial charge is 0.483 e. The Morgan fingerprint density at radius 2 is 2.15 bits per heavy atom. The van der Waals surface area contributed by atoms with Crippen molar-refractivity contribution in [1.82, 2.24) is 15.0 Å². The molecule has 140 valence electrons. The van der Waals surface area contributed by atoms with Crippen molar-refractivity contribution < 1.29 is 9.47 Å². The monoisotopic (exact) mass is 377 g/mol. The second-order valence-corrected chi connectivity index (χ2v) is 7.19. The Morgan fingerprint density at radius 3 is 2.85 bits per heavy atom. The fourth-order valence-electron chi connectivity index (χ4n) is 4.13. The summed E-state index contributed by atoms with van der Waals surface area (Å²) in [5.41, 5.74) is 2.78. The molecular weight excluding hydrogens is 354 g/mol. The van der Waals surface area contributed by atoms with E-state index in [9.17, 15) is 0 Å². The number of H-pyrrole nitrogens is 1. The maximum absolute atomic E-state index is 6.40. The average Bonchev–Trinajstić information content (AvgIpc) is 3.22. The Hall–Kier alpha value is -1.99. The number of nitrogens with zero attached hydrogens (tertiary/aromatic N) is 3. The van der Waals surface area contributed by atoms with Gasteiger partial charge >= 0.3 is 0 Å². The first-order valence-electron chi connectivity index (χ1n) is 8.97. The number of ether oxygens (including phenoxy) is 2. The standard InChI is InChI=1S/C18H24ClN5O2/c1-10-14(18(25-3)23-24(10)11-4-6-26-7-5-11)12-8-21-17-15(16(12)20-2)13(19)9-22-17/h8-11,14H,4-7H2,1-3H3,(H2,20,21,22). The number of nitrogens with one attached hydrogen (secondary N) is 2. The zero-order valence-electron chi connectivity index (χ0n) is 15.3. The van der Waals surface area contributed by atoms with E-state index in [-0.39, 0.29) is 12.0 Å². The van der Waals surface area contributed by atoms with Crippen molar-refractivity contribution >= 4 is 34.2 Å². The van der Waals surface area contributed by atoms with Crippen molar-refractivity contribution in [2.24, 2.45) is 5.10 Å². The van der Waals surface area contributed by atoms with E-state index in [4.69, 9.17) is 26.2 Å². The Bertz CT molecular complexity index is 830. The average molecular weight is 378 g/mol. The summed E-state index contributed by atoms with van der Waals surface area (Å²) in [5.74, 6) is 0.710. The molecule has 2 aromatic rings. The van der Waals surface area contributed by atoms with Gasteiger partial charge in [0.1, 0.15) is 5.65 Å². The first-order valence-corrected chi connectivity index (χ1v) is 9.35. The number of aromatic amines is 1. The van der Waals surface area contributed by atoms with Crippen LogP contribution in [-0.2, 0) is 9.47 Å². The topological polar surface area (TPSA) is 74.8 Å². The molecule has 0 bridgehead atoms. The lowest BCUT2D eigenvalue weighted by molar-refractivity contribution is 0.0248. The number of pyridine rings is 1. The van der Waals surface area contributed by atoms with Gasteiger partial charge in [-0.3, -0.25) is 5.01 Å². The van der Waals surface area contributed by atoms with Gasteiger partial charge < -0.3 is 19.8 Å². The molecule has 0 aromatic carbocycles. The number of halogens is 1. The number of hydrazone groups is 1. The fourth-order valence-corrected chi connectivity index (χ4v) is 4.37. The molecule has 4 rings (SSSR count). The Kier molecular flexibility index (Phi) is 4.67. The molecule has 0 aliphatic carbocycles. The normalized spacial score (nSPS) is 24.2. The van der Waals surface area contributed by atoms with Crippen LogP contribution in [0.25, 0.3) is 11.0 Å². The summed E-state index contributed by atoms with van der Waals surface area (Å²) < 4.78 is 11.2. The third-order valence-corrected chi connectivity index (χ3v) is 5.72. The van der Waals surface area contributed by atoms with Gasteiger partial charge in [-0.05, 0) is 19.8 Å². The van der Waals surface area contributed by atoms with Gasteiger partial charge in [-0.15, -0.1) is 5.10 Å². The summed E-state index contributed by atoms with van der Waals surface area (Å²) in [5, 5.41) is 11.9. The quantitative estimate of drug-likeness (QED) is 0.859. The molecule has 2 aliphatic rings. The number of hydrogen-bond donors (Lipinski definition) is 2. The maximum atomic E-state index is 6.40. The first kappa shape index (κ1) is 17.4. The van der Waals surface area contributed by atoms with E-state index >= 15 is 0 Å². The predicted molar refractivity (Wildman–Crippen MR) is 103 cm³/mol. The van der Waals surface area contributed by atoms with Gasteiger partial charge in [0.25, 0.3) is 0 Å². The molecule has 2 aliphatic heterocycles. The summed E-state index contributed by atoms with van der Waals surface area (Å²) in [6.07, 6.45) is 5.63. The number of aromatic nitrogens is 2. The summed E-state index contributed by atoms with van der Waals surface area (Å²) in [7, 11) is 3.58. The lowest BCUT2D eigenvalue weighted by atomic mass is 9.91. The molecule has 1 saturated heterocycles. The van der Waals surface area contributed by atoms with E-state index < -0.39 is 0 Å². The number of hydrogen-bond acceptors (Lipinski definition) is 6. The Balaban J connectivity index is 1.76. The van der Waals surface area contributed by atoms with Gasteiger partial charge in [0, 0.05) is 38.2 Å². The smallest absolute Gasteiger partial charge is 0.215 e. The van der Waals surface area contributed by atoms with E-state index in [0.29, 0.717) is 17.0 Å². The molecule has 1 fully saturated rings. The lowest BCUT2D eigenvalue weighted by Gasteiger charge is -2.34. The van der Waals surface area contributed by atoms with Crippen molar-refractivity contribution in [3.05, 3.63) is 23.0 Å². The minimum Gasteiger partial charge on any atom is -0.483 e. The predicted octanol–water partition coefficient (Wildman–Crippen LogP) is 3.18. The van der Waals surface area contributed by atoms with Crippen LogP contribution in [0, 0.1) is 0 Å². The first-order chi connectivity index (χ1) is 12.7. The third kappa shape index (κ3) is 2.70. The highest BCUT2D eigenvalue weighted by Crippen LogP contribution is 2.41. The van der Waals surface area contributed by atoms with Crippen molar-refractivity contribution in [3.8, 4) is 0 Å². The van der Waals surface area contributed by atoms with Gasteiger partial charge in [0.2, 0.25) is 5.90 Å². The minimum atomic E-state index is -0.00633. The summed E-state index contributed by atoms with van der Waals surface area (Å²) >= 11 is 6.40. The number of anilines is 1. The molecule has 4 heterocycles. The van der Waals surface area contributed by atoms with Crippen LogP contribution in [0.4, 0.5) is 5.69 Å². The van der Waals surface area contributed by atoms with E-state index in [2.05, 4.69) is 27.2 Å². The van der Waals surface area contributed by atoms with Crippen LogP contribution in [-0.4, -0.2) is 60.3 Å². The molecule has 0 radical (unpaired) electrons. The molecule has 26 heavy (non-hydrogen) atoms. The second kappa shape index (κ2) is 6.96. The number of rotatable bonds is 3. The molecule has 7 nitrogen and oxygen atoms in total. The summed E-state index contributed by atoms with van der Waals surface area (Å²) in [6, 6.07) is 0.539. The van der Waals surface area contributed by atoms with E-state index in [0.717, 1.165) is 48.3 Å². The van der Waals surface area contributed by atoms with Crippen LogP contribution in [0.2, 0.25) is 5.02 Å². The van der Waals surface area contributed by atoms with Crippen molar-refractivity contribution in [2.75, 3.05) is 32.7 Å². The summed E-state index contributed by atoms with van der Waals surface area (Å²) in [4.78, 5) is 7.68. The minimum absolute atomic E-state index is 0.00633. The Morgan fingerprint density at radius 1 is 1.38 bits per heavy atom. The SMILES string of the molecule is CNc1c(C2C(OC)=NN(C3CCOCC3)C2C)cnc2[nH]cc(Cl)c12. The van der Waals surface area contributed by atoms with Crippen LogP contribution in [0.1, 0.15) is 31.2 Å². The van der Waals surface area contributed by atoms with E-state index in [1.54, 1.807) is 13.3 Å². The molecule has 2 atom stereocenters. The van der Waals surface area contributed by atoms with Crippen LogP contribution in [0.3, 0.4) is 0 Å².